The van der Waals surface area contributed by atoms with Gasteiger partial charge in [0.1, 0.15) is 6.61 Å². The van der Waals surface area contributed by atoms with Crippen LogP contribution in [0.15, 0.2) is 87.7 Å². The normalized spacial score (nSPS) is 15.6. The van der Waals surface area contributed by atoms with Crippen LogP contribution >= 0.6 is 27.7 Å². The van der Waals surface area contributed by atoms with Gasteiger partial charge in [0.25, 0.3) is 5.91 Å². The maximum absolute atomic E-state index is 13.6. The van der Waals surface area contributed by atoms with Gasteiger partial charge in [-0.1, -0.05) is 48.0 Å². The molecule has 0 saturated carbocycles. The number of benzene rings is 3. The van der Waals surface area contributed by atoms with Crippen LogP contribution in [0, 0.1) is 13.8 Å². The molecule has 0 N–H and O–H groups in total. The molecule has 0 aliphatic carbocycles. The van der Waals surface area contributed by atoms with Gasteiger partial charge < -0.3 is 9.47 Å². The Morgan fingerprint density at radius 2 is 1.69 bits per heavy atom. The minimum Gasteiger partial charge on any atom is -0.490 e. The number of ether oxygens (including phenoxy) is 2. The number of amidine groups is 1. The van der Waals surface area contributed by atoms with Gasteiger partial charge in [0.05, 0.1) is 27.4 Å². The van der Waals surface area contributed by atoms with Crippen LogP contribution in [-0.4, -0.2) is 24.3 Å². The summed E-state index contributed by atoms with van der Waals surface area (Å²) in [7, 11) is 0. The van der Waals surface area contributed by atoms with Gasteiger partial charge in [0, 0.05) is 0 Å². The van der Waals surface area contributed by atoms with Gasteiger partial charge in [0.15, 0.2) is 16.7 Å². The van der Waals surface area contributed by atoms with Crippen LogP contribution in [-0.2, 0) is 4.79 Å². The predicted molar refractivity (Wildman–Crippen MR) is 154 cm³/mol. The molecule has 5 nitrogen and oxygen atoms in total. The van der Waals surface area contributed by atoms with Crippen molar-refractivity contribution >= 4 is 56.2 Å². The summed E-state index contributed by atoms with van der Waals surface area (Å²) in [5.74, 6) is 1.07. The van der Waals surface area contributed by atoms with Crippen molar-refractivity contribution in [3.05, 3.63) is 99.4 Å². The Bertz CT molecular complexity index is 1330. The van der Waals surface area contributed by atoms with E-state index in [4.69, 9.17) is 14.5 Å². The van der Waals surface area contributed by atoms with Crippen LogP contribution in [0.2, 0.25) is 0 Å². The molecule has 4 rings (SSSR count). The molecule has 0 atom stereocenters. The Morgan fingerprint density at radius 3 is 2.33 bits per heavy atom. The highest BCUT2D eigenvalue weighted by Crippen LogP contribution is 2.41. The fourth-order valence-corrected chi connectivity index (χ4v) is 5.14. The highest BCUT2D eigenvalue weighted by molar-refractivity contribution is 9.10. The summed E-state index contributed by atoms with van der Waals surface area (Å²) in [6, 6.07) is 19.6. The summed E-state index contributed by atoms with van der Waals surface area (Å²) in [5, 5.41) is 0.606. The Balaban J connectivity index is 1.75. The average molecular weight is 564 g/mol. The number of carbonyl (C=O) groups excluding carboxylic acids is 1. The molecule has 1 aliphatic rings. The van der Waals surface area contributed by atoms with Crippen LogP contribution in [0.25, 0.3) is 6.08 Å². The second-order valence-electron chi connectivity index (χ2n) is 8.18. The first-order chi connectivity index (χ1) is 17.4. The lowest BCUT2D eigenvalue weighted by atomic mass is 10.1. The zero-order chi connectivity index (χ0) is 25.7. The number of anilines is 1. The molecule has 0 unspecified atom stereocenters. The minimum atomic E-state index is -0.129. The average Bonchev–Trinajstić information content (AvgIpc) is 3.15. The minimum absolute atomic E-state index is 0.129. The van der Waals surface area contributed by atoms with Crippen molar-refractivity contribution in [2.75, 3.05) is 18.1 Å². The summed E-state index contributed by atoms with van der Waals surface area (Å²) in [5.41, 5.74) is 4.66. The third-order valence-electron chi connectivity index (χ3n) is 5.33. The first-order valence-corrected chi connectivity index (χ1v) is 13.2. The summed E-state index contributed by atoms with van der Waals surface area (Å²) >= 11 is 4.94. The summed E-state index contributed by atoms with van der Waals surface area (Å²) in [6.45, 7) is 10.5. The maximum Gasteiger partial charge on any atom is 0.271 e. The van der Waals surface area contributed by atoms with E-state index in [0.29, 0.717) is 34.8 Å². The van der Waals surface area contributed by atoms with E-state index in [2.05, 4.69) is 22.5 Å². The zero-order valence-electron chi connectivity index (χ0n) is 20.5. The summed E-state index contributed by atoms with van der Waals surface area (Å²) in [4.78, 5) is 20.7. The Hall–Kier alpha value is -3.29. The lowest BCUT2D eigenvalue weighted by Crippen LogP contribution is -2.28. The highest BCUT2D eigenvalue weighted by atomic mass is 79.9. The number of aliphatic imine (C=N–C) groups is 1. The lowest BCUT2D eigenvalue weighted by Gasteiger charge is -2.16. The summed E-state index contributed by atoms with van der Waals surface area (Å²) < 4.78 is 12.3. The number of hydrogen-bond acceptors (Lipinski definition) is 5. The molecule has 1 fully saturated rings. The molecule has 36 heavy (non-hydrogen) atoms. The Labute approximate surface area is 224 Å². The number of halogens is 1. The van der Waals surface area contributed by atoms with Gasteiger partial charge in [-0.3, -0.25) is 9.69 Å². The molecule has 0 bridgehead atoms. The molecule has 1 aliphatic heterocycles. The van der Waals surface area contributed by atoms with Crippen molar-refractivity contribution in [3.8, 4) is 11.5 Å². The van der Waals surface area contributed by atoms with Gasteiger partial charge in [0.2, 0.25) is 0 Å². The molecule has 0 spiro atoms. The van der Waals surface area contributed by atoms with E-state index in [1.165, 1.54) is 11.8 Å². The van der Waals surface area contributed by atoms with Crippen molar-refractivity contribution in [3.63, 3.8) is 0 Å². The van der Waals surface area contributed by atoms with Crippen LogP contribution in [0.4, 0.5) is 11.4 Å². The fraction of sp³-hybridized carbons (Fsp3) is 0.172. The van der Waals surface area contributed by atoms with Crippen LogP contribution in [0.1, 0.15) is 23.6 Å². The predicted octanol–water partition coefficient (Wildman–Crippen LogP) is 7.84. The topological polar surface area (TPSA) is 51.1 Å². The number of amides is 1. The highest BCUT2D eigenvalue weighted by Gasteiger charge is 2.35. The van der Waals surface area contributed by atoms with Gasteiger partial charge in [-0.15, -0.1) is 0 Å². The van der Waals surface area contributed by atoms with Crippen molar-refractivity contribution in [2.24, 2.45) is 4.99 Å². The first-order valence-electron chi connectivity index (χ1n) is 11.6. The quantitative estimate of drug-likeness (QED) is 0.207. The number of aryl methyl sites for hydroxylation is 2. The monoisotopic (exact) mass is 562 g/mol. The second-order valence-corrected chi connectivity index (χ2v) is 10.0. The maximum atomic E-state index is 13.6. The third-order valence-corrected chi connectivity index (χ3v) is 6.89. The van der Waals surface area contributed by atoms with Crippen LogP contribution < -0.4 is 14.4 Å². The standard InChI is InChI=1S/C29H27BrN2O3S/c1-5-15-35-27-24(30)16-21(17-25(27)34-6-2)18-26-28(33)32(23-13-9-20(4)10-14-23)29(36-26)31-22-11-7-19(3)8-12-22/h5,7-14,16-18H,1,6,15H2,2-4H3/b26-18-,31-29?. The summed E-state index contributed by atoms with van der Waals surface area (Å²) in [6.07, 6.45) is 3.54. The number of rotatable bonds is 8. The van der Waals surface area contributed by atoms with Gasteiger partial charge >= 0.3 is 0 Å². The molecule has 1 saturated heterocycles. The molecule has 0 radical (unpaired) electrons. The van der Waals surface area contributed by atoms with Crippen molar-refractivity contribution in [1.29, 1.82) is 0 Å². The largest absolute Gasteiger partial charge is 0.490 e. The Kier molecular flexibility index (Phi) is 8.33. The van der Waals surface area contributed by atoms with Gasteiger partial charge in [-0.25, -0.2) is 4.99 Å². The van der Waals surface area contributed by atoms with Crippen molar-refractivity contribution < 1.29 is 14.3 Å². The van der Waals surface area contributed by atoms with Crippen LogP contribution in [0.5, 0.6) is 11.5 Å². The lowest BCUT2D eigenvalue weighted by molar-refractivity contribution is -0.113. The Morgan fingerprint density at radius 1 is 1.03 bits per heavy atom. The van der Waals surface area contributed by atoms with Crippen LogP contribution in [0.3, 0.4) is 0 Å². The first kappa shape index (κ1) is 25.8. The van der Waals surface area contributed by atoms with E-state index in [-0.39, 0.29) is 5.91 Å². The zero-order valence-corrected chi connectivity index (χ0v) is 22.9. The smallest absolute Gasteiger partial charge is 0.271 e. The SMILES string of the molecule is C=CCOc1c(Br)cc(/C=C2\SC(=Nc3ccc(C)cc3)N(c3ccc(C)cc3)C2=O)cc1OCC. The van der Waals surface area contributed by atoms with Crippen molar-refractivity contribution in [2.45, 2.75) is 20.8 Å². The molecule has 184 valence electrons. The molecule has 0 aromatic heterocycles. The number of hydrogen-bond donors (Lipinski definition) is 0. The molecule has 7 heteroatoms. The molecule has 1 heterocycles. The molecule has 3 aromatic carbocycles. The third kappa shape index (κ3) is 5.91. The molecular formula is C29H27BrN2O3S. The fourth-order valence-electron chi connectivity index (χ4n) is 3.57. The van der Waals surface area contributed by atoms with Gasteiger partial charge in [-0.2, -0.15) is 0 Å². The number of thioether (sulfide) groups is 1. The number of nitrogens with zero attached hydrogens (tertiary/aromatic N) is 2. The molecule has 1 amide bonds. The number of carbonyl (C=O) groups is 1. The molecule has 3 aromatic rings. The van der Waals surface area contributed by atoms with E-state index in [9.17, 15) is 4.79 Å². The van der Waals surface area contributed by atoms with E-state index >= 15 is 0 Å². The van der Waals surface area contributed by atoms with E-state index in [1.807, 2.05) is 87.5 Å². The van der Waals surface area contributed by atoms with E-state index < -0.39 is 0 Å². The van der Waals surface area contributed by atoms with E-state index in [0.717, 1.165) is 32.5 Å². The second kappa shape index (κ2) is 11.6. The van der Waals surface area contributed by atoms with E-state index in [1.54, 1.807) is 11.0 Å². The van der Waals surface area contributed by atoms with Crippen molar-refractivity contribution in [1.82, 2.24) is 0 Å². The van der Waals surface area contributed by atoms with Gasteiger partial charge in [-0.05, 0) is 96.5 Å². The molecular weight excluding hydrogens is 536 g/mol.